The minimum absolute atomic E-state index is 0.168. The Labute approximate surface area is 173 Å². The molecule has 0 radical (unpaired) electrons. The molecule has 0 spiro atoms. The van der Waals surface area contributed by atoms with Gasteiger partial charge in [-0.1, -0.05) is 24.3 Å². The molecule has 0 saturated carbocycles. The van der Waals surface area contributed by atoms with Crippen LogP contribution in [-0.2, 0) is 10.0 Å². The lowest BCUT2D eigenvalue weighted by molar-refractivity contribution is 0.409. The Morgan fingerprint density at radius 1 is 1.07 bits per heavy atom. The number of halogens is 1. The highest BCUT2D eigenvalue weighted by Gasteiger charge is 2.24. The van der Waals surface area contributed by atoms with Crippen LogP contribution in [0.1, 0.15) is 34.1 Å². The first-order valence-electron chi connectivity index (χ1n) is 9.55. The molecule has 0 saturated heterocycles. The van der Waals surface area contributed by atoms with E-state index in [4.69, 9.17) is 0 Å². The molecule has 0 aliphatic carbocycles. The number of nitrogens with zero attached hydrogens (tertiary/aromatic N) is 2. The molecule has 0 atom stereocenters. The fourth-order valence-electron chi connectivity index (χ4n) is 3.14. The number of rotatable bonds is 8. The summed E-state index contributed by atoms with van der Waals surface area (Å²) in [6, 6.07) is 14.7. The Balaban J connectivity index is 2.18. The van der Waals surface area contributed by atoms with Crippen LogP contribution in [0.4, 0.5) is 10.1 Å². The maximum atomic E-state index is 13.3. The third kappa shape index (κ3) is 5.81. The molecular formula is C22H30FN3O2S. The van der Waals surface area contributed by atoms with Gasteiger partial charge in [-0.25, -0.2) is 14.2 Å². The number of sulfonamides is 1. The zero-order chi connectivity index (χ0) is 21.7. The highest BCUT2D eigenvalue weighted by Crippen LogP contribution is 2.25. The van der Waals surface area contributed by atoms with Gasteiger partial charge in [-0.3, -0.25) is 0 Å². The summed E-state index contributed by atoms with van der Waals surface area (Å²) in [4.78, 5) is 2.40. The first-order valence-corrected chi connectivity index (χ1v) is 11.0. The second kappa shape index (κ2) is 9.41. The van der Waals surface area contributed by atoms with Crippen molar-refractivity contribution >= 4 is 15.7 Å². The third-order valence-corrected chi connectivity index (χ3v) is 6.36. The number of benzene rings is 2. The number of hydrogen-bond acceptors (Lipinski definition) is 4. The van der Waals surface area contributed by atoms with Crippen LogP contribution in [0.2, 0.25) is 0 Å². The highest BCUT2D eigenvalue weighted by molar-refractivity contribution is 7.89. The summed E-state index contributed by atoms with van der Waals surface area (Å²) in [7, 11) is -2.11. The summed E-state index contributed by atoms with van der Waals surface area (Å²) in [5.41, 5.74) is 4.11. The summed E-state index contributed by atoms with van der Waals surface area (Å²) < 4.78 is 40.3. The highest BCUT2D eigenvalue weighted by atomic mass is 32.2. The molecule has 158 valence electrons. The zero-order valence-corrected chi connectivity index (χ0v) is 18.5. The quantitative estimate of drug-likeness (QED) is 0.638. The summed E-state index contributed by atoms with van der Waals surface area (Å²) in [6.45, 7) is 8.69. The number of anilines is 1. The van der Waals surface area contributed by atoms with Gasteiger partial charge in [0.2, 0.25) is 0 Å². The van der Waals surface area contributed by atoms with Crippen LogP contribution >= 0.6 is 0 Å². The normalized spacial score (nSPS) is 12.7. The van der Waals surface area contributed by atoms with Crippen molar-refractivity contribution in [3.63, 3.8) is 0 Å². The molecule has 2 aromatic carbocycles. The average molecular weight is 420 g/mol. The monoisotopic (exact) mass is 419 g/mol. The van der Waals surface area contributed by atoms with Gasteiger partial charge in [-0.2, -0.15) is 8.42 Å². The second-order valence-electron chi connectivity index (χ2n) is 7.74. The first-order chi connectivity index (χ1) is 13.6. The van der Waals surface area contributed by atoms with Gasteiger partial charge in [0, 0.05) is 30.5 Å². The van der Waals surface area contributed by atoms with Crippen molar-refractivity contribution in [2.45, 2.75) is 44.6 Å². The van der Waals surface area contributed by atoms with Gasteiger partial charge in [0.05, 0.1) is 4.90 Å². The summed E-state index contributed by atoms with van der Waals surface area (Å²) >= 11 is 0. The Bertz CT molecular complexity index is 921. The van der Waals surface area contributed by atoms with E-state index in [1.54, 1.807) is 56.4 Å². The number of nitrogens with one attached hydrogen (secondary N) is 1. The van der Waals surface area contributed by atoms with E-state index in [0.717, 1.165) is 5.69 Å². The molecule has 0 unspecified atom stereocenters. The minimum Gasteiger partial charge on any atom is -0.366 e. The van der Waals surface area contributed by atoms with E-state index in [1.165, 1.54) is 16.5 Å². The molecule has 2 rings (SSSR count). The molecule has 0 aliphatic rings. The van der Waals surface area contributed by atoms with Gasteiger partial charge in [-0.15, -0.1) is 0 Å². The molecule has 0 fully saturated rings. The van der Waals surface area contributed by atoms with E-state index in [1.807, 2.05) is 6.08 Å². The zero-order valence-electron chi connectivity index (χ0n) is 17.7. The third-order valence-electron chi connectivity index (χ3n) is 4.55. The molecule has 2 aromatic rings. The van der Waals surface area contributed by atoms with Gasteiger partial charge >= 0.3 is 0 Å². The van der Waals surface area contributed by atoms with Crippen LogP contribution < -0.4 is 10.3 Å². The van der Waals surface area contributed by atoms with Crippen molar-refractivity contribution in [2.24, 2.45) is 0 Å². The number of allylic oxidation sites excluding steroid dienone is 1. The Morgan fingerprint density at radius 3 is 2.17 bits per heavy atom. The maximum Gasteiger partial charge on any atom is 0.277 e. The van der Waals surface area contributed by atoms with Gasteiger partial charge in [0.15, 0.2) is 0 Å². The predicted molar refractivity (Wildman–Crippen MR) is 116 cm³/mol. The van der Waals surface area contributed by atoms with E-state index in [9.17, 15) is 12.8 Å². The number of hydrogen-bond donors (Lipinski definition) is 1. The van der Waals surface area contributed by atoms with Crippen LogP contribution in [0.3, 0.4) is 0 Å². The van der Waals surface area contributed by atoms with Crippen molar-refractivity contribution in [1.82, 2.24) is 9.84 Å². The molecule has 29 heavy (non-hydrogen) atoms. The van der Waals surface area contributed by atoms with Crippen molar-refractivity contribution in [3.05, 3.63) is 72.2 Å². The van der Waals surface area contributed by atoms with E-state index in [-0.39, 0.29) is 16.3 Å². The average Bonchev–Trinajstić information content (AvgIpc) is 2.66. The Hall–Kier alpha value is -2.38. The fourth-order valence-corrected chi connectivity index (χ4v) is 4.55. The van der Waals surface area contributed by atoms with Crippen molar-refractivity contribution < 1.29 is 12.8 Å². The van der Waals surface area contributed by atoms with Gasteiger partial charge in [0.25, 0.3) is 10.0 Å². The molecule has 0 aliphatic heterocycles. The molecule has 7 heteroatoms. The Kier molecular flexibility index (Phi) is 7.43. The van der Waals surface area contributed by atoms with Crippen molar-refractivity contribution in [1.29, 1.82) is 0 Å². The van der Waals surface area contributed by atoms with E-state index < -0.39 is 10.0 Å². The molecule has 0 aromatic heterocycles. The van der Waals surface area contributed by atoms with Gasteiger partial charge in [-0.05, 0) is 70.5 Å². The standard InChI is InChI=1S/C22H30FN3O2S/c1-18(26(24-5)29(27,28)21-11-7-6-8-12-21)10-9-17-25(22(2,3)4)20-15-13-19(23)14-16-20/h6-8,10-16,24H,9,17H2,1-5H3/b18-10+. The smallest absolute Gasteiger partial charge is 0.277 e. The molecule has 0 heterocycles. The van der Waals surface area contributed by atoms with Gasteiger partial charge in [0.1, 0.15) is 5.82 Å². The topological polar surface area (TPSA) is 52.6 Å². The summed E-state index contributed by atoms with van der Waals surface area (Å²) in [5, 5.41) is 0. The molecule has 0 bridgehead atoms. The molecule has 0 amide bonds. The SMILES string of the molecule is CNN(/C(C)=C/CCN(c1ccc(F)cc1)C(C)(C)C)S(=O)(=O)c1ccccc1. The largest absolute Gasteiger partial charge is 0.366 e. The Morgan fingerprint density at radius 2 is 1.66 bits per heavy atom. The van der Waals surface area contributed by atoms with Crippen molar-refractivity contribution in [3.8, 4) is 0 Å². The maximum absolute atomic E-state index is 13.3. The summed E-state index contributed by atoms with van der Waals surface area (Å²) in [5.74, 6) is -0.269. The second-order valence-corrected chi connectivity index (χ2v) is 9.53. The van der Waals surface area contributed by atoms with Crippen molar-refractivity contribution in [2.75, 3.05) is 18.5 Å². The van der Waals surface area contributed by atoms with Crippen LogP contribution in [0, 0.1) is 5.82 Å². The predicted octanol–water partition coefficient (Wildman–Crippen LogP) is 4.55. The van der Waals surface area contributed by atoms with Crippen LogP contribution in [-0.4, -0.2) is 32.0 Å². The first kappa shape index (κ1) is 22.9. The molecular weight excluding hydrogens is 389 g/mol. The molecule has 5 nitrogen and oxygen atoms in total. The lowest BCUT2D eigenvalue weighted by Gasteiger charge is -2.38. The van der Waals surface area contributed by atoms with Gasteiger partial charge < -0.3 is 4.90 Å². The number of hydrazine groups is 1. The summed E-state index contributed by atoms with van der Waals surface area (Å²) in [6.07, 6.45) is 2.52. The van der Waals surface area contributed by atoms with Crippen LogP contribution in [0.25, 0.3) is 0 Å². The van der Waals surface area contributed by atoms with E-state index >= 15 is 0 Å². The fraction of sp³-hybridized carbons (Fsp3) is 0.364. The van der Waals surface area contributed by atoms with Crippen LogP contribution in [0.5, 0.6) is 0 Å². The van der Waals surface area contributed by atoms with Crippen LogP contribution in [0.15, 0.2) is 71.3 Å². The lowest BCUT2D eigenvalue weighted by atomic mass is 10.0. The van der Waals surface area contributed by atoms with E-state index in [2.05, 4.69) is 31.1 Å². The molecule has 1 N–H and O–H groups in total. The van der Waals surface area contributed by atoms with E-state index in [0.29, 0.717) is 18.7 Å². The minimum atomic E-state index is -3.69. The lowest BCUT2D eigenvalue weighted by Crippen LogP contribution is -2.42.